The minimum Gasteiger partial charge on any atom is -0.346 e. The number of hydroxylamine groups is 1. The summed E-state index contributed by atoms with van der Waals surface area (Å²) in [6, 6.07) is 11.5. The molecule has 0 saturated carbocycles. The van der Waals surface area contributed by atoms with Gasteiger partial charge < -0.3 is 10.7 Å². The van der Waals surface area contributed by atoms with E-state index >= 15 is 0 Å². The number of hydrogen-bond acceptors (Lipinski definition) is 8. The molecule has 178 valence electrons. The Morgan fingerprint density at radius 1 is 1.12 bits per heavy atom. The molecule has 0 aromatic heterocycles. The summed E-state index contributed by atoms with van der Waals surface area (Å²) in [5, 5.41) is 22.9. The summed E-state index contributed by atoms with van der Waals surface area (Å²) >= 11 is 8.12. The van der Waals surface area contributed by atoms with Crippen molar-refractivity contribution in [3.8, 4) is 0 Å². The van der Waals surface area contributed by atoms with Gasteiger partial charge in [-0.15, -0.1) is 4.83 Å². The Hall–Kier alpha value is -3.05. The maximum atomic E-state index is 14.7. The van der Waals surface area contributed by atoms with Gasteiger partial charge in [-0.05, 0) is 59.0 Å². The number of benzene rings is 3. The van der Waals surface area contributed by atoms with E-state index in [2.05, 4.69) is 15.6 Å². The van der Waals surface area contributed by atoms with Crippen molar-refractivity contribution in [3.63, 3.8) is 0 Å². The molecule has 11 nitrogen and oxygen atoms in total. The Kier molecular flexibility index (Phi) is 7.88. The summed E-state index contributed by atoms with van der Waals surface area (Å²) in [6.45, 7) is 0. The van der Waals surface area contributed by atoms with Gasteiger partial charge in [-0.1, -0.05) is 23.7 Å². The summed E-state index contributed by atoms with van der Waals surface area (Å²) in [6.07, 6.45) is 0. The van der Waals surface area contributed by atoms with Crippen molar-refractivity contribution in [2.75, 3.05) is 10.7 Å². The second-order valence-corrected chi connectivity index (χ2v) is 9.83. The summed E-state index contributed by atoms with van der Waals surface area (Å²) in [5.74, 6) is -2.39. The lowest BCUT2D eigenvalue weighted by Crippen LogP contribution is -2.30. The number of nitro groups is 1. The molecule has 15 heteroatoms. The third-order valence-electron chi connectivity index (χ3n) is 4.32. The van der Waals surface area contributed by atoms with Crippen LogP contribution in [0.1, 0.15) is 10.4 Å². The number of sulfonamides is 1. The molecule has 0 aliphatic rings. The molecule has 0 aliphatic carbocycles. The number of nitro benzene ring substituents is 1. The molecule has 0 spiro atoms. The van der Waals surface area contributed by atoms with Crippen molar-refractivity contribution in [1.82, 2.24) is 10.3 Å². The molecule has 3 aromatic carbocycles. The molecule has 0 fully saturated rings. The zero-order valence-corrected chi connectivity index (χ0v) is 20.4. The Morgan fingerprint density at radius 2 is 1.82 bits per heavy atom. The molecule has 0 bridgehead atoms. The van der Waals surface area contributed by atoms with Crippen LogP contribution in [0.3, 0.4) is 0 Å². The predicted octanol–water partition coefficient (Wildman–Crippen LogP) is 4.16. The maximum absolute atomic E-state index is 14.7. The number of rotatable bonds is 8. The summed E-state index contributed by atoms with van der Waals surface area (Å²) < 4.78 is 41.4. The molecular formula is C19H14ClFIN5O6S. The molecule has 3 rings (SSSR count). The molecule has 3 aromatic rings. The Labute approximate surface area is 210 Å². The minimum absolute atomic E-state index is 0.188. The molecule has 0 unspecified atom stereocenters. The van der Waals surface area contributed by atoms with Gasteiger partial charge in [0.15, 0.2) is 11.5 Å². The second-order valence-electron chi connectivity index (χ2n) is 6.53. The van der Waals surface area contributed by atoms with Gasteiger partial charge in [0.05, 0.1) is 26.9 Å². The van der Waals surface area contributed by atoms with E-state index in [0.717, 1.165) is 9.64 Å². The fourth-order valence-corrected chi connectivity index (χ4v) is 4.69. The van der Waals surface area contributed by atoms with Crippen LogP contribution in [0.4, 0.5) is 27.1 Å². The highest BCUT2D eigenvalue weighted by atomic mass is 127. The minimum atomic E-state index is -4.28. The van der Waals surface area contributed by atoms with Gasteiger partial charge >= 0.3 is 0 Å². The maximum Gasteiger partial charge on any atom is 0.296 e. The highest BCUT2D eigenvalue weighted by molar-refractivity contribution is 14.1. The Morgan fingerprint density at radius 3 is 2.47 bits per heavy atom. The van der Waals surface area contributed by atoms with Crippen LogP contribution in [0.2, 0.25) is 5.02 Å². The predicted molar refractivity (Wildman–Crippen MR) is 130 cm³/mol. The average molecular weight is 622 g/mol. The fourth-order valence-electron chi connectivity index (χ4n) is 2.76. The molecule has 0 heterocycles. The molecule has 0 aliphatic heterocycles. The van der Waals surface area contributed by atoms with E-state index in [4.69, 9.17) is 16.8 Å². The first-order valence-electron chi connectivity index (χ1n) is 9.05. The van der Waals surface area contributed by atoms with Gasteiger partial charge in [-0.25, -0.2) is 18.3 Å². The van der Waals surface area contributed by atoms with Crippen molar-refractivity contribution in [2.24, 2.45) is 0 Å². The molecule has 34 heavy (non-hydrogen) atoms. The first-order chi connectivity index (χ1) is 16.0. The van der Waals surface area contributed by atoms with Crippen LogP contribution >= 0.6 is 34.2 Å². The molecule has 0 saturated heterocycles. The van der Waals surface area contributed by atoms with Crippen LogP contribution in [0, 0.1) is 19.5 Å². The van der Waals surface area contributed by atoms with Crippen molar-refractivity contribution < 1.29 is 27.7 Å². The number of nitrogens with zero attached hydrogens (tertiary/aromatic N) is 1. The van der Waals surface area contributed by atoms with E-state index in [-0.39, 0.29) is 21.3 Å². The lowest BCUT2D eigenvalue weighted by Gasteiger charge is -2.15. The third-order valence-corrected chi connectivity index (χ3v) is 6.61. The first kappa shape index (κ1) is 25.6. The third kappa shape index (κ3) is 5.71. The van der Waals surface area contributed by atoms with Crippen molar-refractivity contribution >= 4 is 72.9 Å². The lowest BCUT2D eigenvalue weighted by atomic mass is 10.1. The number of carbonyl (C=O) groups excluding carboxylic acids is 1. The van der Waals surface area contributed by atoms with E-state index < -0.39 is 43.6 Å². The zero-order chi connectivity index (χ0) is 25.0. The molecule has 0 atom stereocenters. The quantitative estimate of drug-likeness (QED) is 0.108. The molecule has 5 N–H and O–H groups in total. The summed E-state index contributed by atoms with van der Waals surface area (Å²) in [4.78, 5) is 23.8. The first-order valence-corrected chi connectivity index (χ1v) is 12.0. The SMILES string of the molecule is O=C(NO)c1cc(F)c(Nc2ccccc2S(=O)(=O)NNc2ccc(I)cc2Cl)c([N+](=O)[O-])c1. The monoisotopic (exact) mass is 621 g/mol. The second kappa shape index (κ2) is 10.5. The van der Waals surface area contributed by atoms with Gasteiger partial charge in [-0.2, -0.15) is 0 Å². The highest BCUT2D eigenvalue weighted by Crippen LogP contribution is 2.34. The van der Waals surface area contributed by atoms with Gasteiger partial charge in [0.2, 0.25) is 0 Å². The largest absolute Gasteiger partial charge is 0.346 e. The Balaban J connectivity index is 1.97. The van der Waals surface area contributed by atoms with Gasteiger partial charge in [0.25, 0.3) is 21.6 Å². The fraction of sp³-hybridized carbons (Fsp3) is 0. The average Bonchev–Trinajstić information content (AvgIpc) is 2.79. The standard InChI is InChI=1S/C19H14ClFIN5O6S/c20-12-9-11(22)5-6-14(12)24-26-34(32,33)17-4-2-1-3-15(17)23-18-13(21)7-10(19(28)25-29)8-16(18)27(30)31/h1-9,23-24,26,29H,(H,25,28). The number of hydrogen-bond donors (Lipinski definition) is 5. The smallest absolute Gasteiger partial charge is 0.296 e. The number of halogens is 3. The number of hydrazine groups is 1. The lowest BCUT2D eigenvalue weighted by molar-refractivity contribution is -0.384. The van der Waals surface area contributed by atoms with Crippen LogP contribution in [-0.4, -0.2) is 24.5 Å². The van der Waals surface area contributed by atoms with Crippen LogP contribution in [-0.2, 0) is 10.0 Å². The van der Waals surface area contributed by atoms with E-state index in [1.807, 2.05) is 22.6 Å². The van der Waals surface area contributed by atoms with E-state index in [0.29, 0.717) is 6.07 Å². The highest BCUT2D eigenvalue weighted by Gasteiger charge is 2.25. The normalized spacial score (nSPS) is 11.1. The summed E-state index contributed by atoms with van der Waals surface area (Å²) in [5.41, 5.74) is 1.77. The van der Waals surface area contributed by atoms with Crippen molar-refractivity contribution in [3.05, 3.63) is 84.7 Å². The topological polar surface area (TPSA) is 163 Å². The number of nitrogens with one attached hydrogen (secondary N) is 4. The van der Waals surface area contributed by atoms with E-state index in [1.165, 1.54) is 29.7 Å². The Bertz CT molecular complexity index is 1390. The molecule has 0 radical (unpaired) electrons. The van der Waals surface area contributed by atoms with Crippen molar-refractivity contribution in [2.45, 2.75) is 4.90 Å². The van der Waals surface area contributed by atoms with E-state index in [1.54, 1.807) is 18.2 Å². The van der Waals surface area contributed by atoms with Crippen LogP contribution in [0.25, 0.3) is 0 Å². The van der Waals surface area contributed by atoms with Gasteiger partial charge in [0, 0.05) is 9.64 Å². The summed E-state index contributed by atoms with van der Waals surface area (Å²) in [7, 11) is -4.28. The van der Waals surface area contributed by atoms with E-state index in [9.17, 15) is 27.7 Å². The zero-order valence-electron chi connectivity index (χ0n) is 16.7. The molecular weight excluding hydrogens is 608 g/mol. The molecule has 1 amide bonds. The van der Waals surface area contributed by atoms with Crippen LogP contribution < -0.4 is 21.1 Å². The van der Waals surface area contributed by atoms with Crippen LogP contribution in [0.15, 0.2) is 59.5 Å². The van der Waals surface area contributed by atoms with Gasteiger partial charge in [0.1, 0.15) is 4.90 Å². The number of carbonyl (C=O) groups is 1. The number of para-hydroxylation sites is 1. The number of amides is 1. The van der Waals surface area contributed by atoms with Crippen LogP contribution in [0.5, 0.6) is 0 Å². The van der Waals surface area contributed by atoms with Gasteiger partial charge in [-0.3, -0.25) is 20.1 Å². The van der Waals surface area contributed by atoms with Crippen molar-refractivity contribution in [1.29, 1.82) is 0 Å². The number of anilines is 3.